The van der Waals surface area contributed by atoms with Gasteiger partial charge in [-0.1, -0.05) is 18.2 Å². The third-order valence-electron chi connectivity index (χ3n) is 3.60. The summed E-state index contributed by atoms with van der Waals surface area (Å²) >= 11 is 0. The molecule has 0 spiro atoms. The van der Waals surface area contributed by atoms with Crippen LogP contribution in [0.15, 0.2) is 42.5 Å². The van der Waals surface area contributed by atoms with Crippen molar-refractivity contribution in [3.8, 4) is 0 Å². The zero-order valence-electron chi connectivity index (χ0n) is 14.8. The maximum absolute atomic E-state index is 13.8. The molecule has 0 heterocycles. The quantitative estimate of drug-likeness (QED) is 0.702. The molecule has 3 N–H and O–H groups in total. The molecular formula is C19H19F2N3O3. The second-order valence-corrected chi connectivity index (χ2v) is 6.00. The molecule has 1 unspecified atom stereocenters. The predicted octanol–water partition coefficient (Wildman–Crippen LogP) is 2.61. The van der Waals surface area contributed by atoms with Crippen LogP contribution in [0, 0.1) is 11.6 Å². The van der Waals surface area contributed by atoms with Gasteiger partial charge in [-0.2, -0.15) is 0 Å². The highest BCUT2D eigenvalue weighted by Crippen LogP contribution is 2.19. The number of anilines is 2. The first kappa shape index (κ1) is 20.0. The maximum Gasteiger partial charge on any atom is 0.313 e. The minimum atomic E-state index is -1.07. The average molecular weight is 375 g/mol. The lowest BCUT2D eigenvalue weighted by molar-refractivity contribution is -0.136. The number of carbonyl (C=O) groups excluding carboxylic acids is 3. The summed E-state index contributed by atoms with van der Waals surface area (Å²) in [7, 11) is 0. The van der Waals surface area contributed by atoms with Crippen molar-refractivity contribution in [1.82, 2.24) is 5.32 Å². The van der Waals surface area contributed by atoms with E-state index in [-0.39, 0.29) is 23.7 Å². The van der Waals surface area contributed by atoms with Gasteiger partial charge >= 0.3 is 11.8 Å². The summed E-state index contributed by atoms with van der Waals surface area (Å²) in [5, 5.41) is 7.03. The van der Waals surface area contributed by atoms with Crippen LogP contribution in [-0.4, -0.2) is 23.8 Å². The van der Waals surface area contributed by atoms with Gasteiger partial charge < -0.3 is 16.0 Å². The van der Waals surface area contributed by atoms with E-state index in [0.29, 0.717) is 5.56 Å². The molecule has 2 aromatic carbocycles. The highest BCUT2D eigenvalue weighted by atomic mass is 19.1. The summed E-state index contributed by atoms with van der Waals surface area (Å²) in [6.07, 6.45) is 0.193. The van der Waals surface area contributed by atoms with Crippen LogP contribution in [0.5, 0.6) is 0 Å². The van der Waals surface area contributed by atoms with Gasteiger partial charge in [-0.3, -0.25) is 14.4 Å². The SMILES string of the molecule is CC(=O)Nc1ccc(F)c(NC(=O)C(=O)NC(C)Cc2ccccc2F)c1. The van der Waals surface area contributed by atoms with Gasteiger partial charge in [0.05, 0.1) is 5.69 Å². The summed E-state index contributed by atoms with van der Waals surface area (Å²) in [4.78, 5) is 35.1. The predicted molar refractivity (Wildman–Crippen MR) is 97.0 cm³/mol. The number of carbonyl (C=O) groups is 3. The van der Waals surface area contributed by atoms with Gasteiger partial charge in [-0.25, -0.2) is 8.78 Å². The van der Waals surface area contributed by atoms with Crippen LogP contribution in [0.25, 0.3) is 0 Å². The normalized spacial score (nSPS) is 11.4. The van der Waals surface area contributed by atoms with Crippen LogP contribution < -0.4 is 16.0 Å². The molecule has 0 aliphatic rings. The second-order valence-electron chi connectivity index (χ2n) is 6.00. The molecule has 0 saturated heterocycles. The zero-order chi connectivity index (χ0) is 20.0. The van der Waals surface area contributed by atoms with Crippen molar-refractivity contribution >= 4 is 29.1 Å². The number of amides is 3. The maximum atomic E-state index is 13.8. The van der Waals surface area contributed by atoms with Gasteiger partial charge in [-0.05, 0) is 43.2 Å². The van der Waals surface area contributed by atoms with E-state index in [2.05, 4.69) is 16.0 Å². The Balaban J connectivity index is 1.98. The summed E-state index contributed by atoms with van der Waals surface area (Å²) in [5.41, 5.74) is 0.426. The zero-order valence-corrected chi connectivity index (χ0v) is 14.8. The Morgan fingerprint density at radius 1 is 0.963 bits per heavy atom. The standard InChI is InChI=1S/C19H19F2N3O3/c1-11(9-13-5-3-4-6-15(13)20)22-18(26)19(27)24-17-10-14(23-12(2)25)7-8-16(17)21/h3-8,10-11H,9H2,1-2H3,(H,22,26)(H,23,25)(H,24,27). The number of rotatable bonds is 5. The van der Waals surface area contributed by atoms with Crippen LogP contribution in [-0.2, 0) is 20.8 Å². The highest BCUT2D eigenvalue weighted by molar-refractivity contribution is 6.39. The summed E-state index contributed by atoms with van der Waals surface area (Å²) < 4.78 is 27.5. The molecule has 0 aromatic heterocycles. The van der Waals surface area contributed by atoms with Crippen LogP contribution in [0.2, 0.25) is 0 Å². The fourth-order valence-electron chi connectivity index (χ4n) is 2.42. The Kier molecular flexibility index (Phi) is 6.59. The van der Waals surface area contributed by atoms with E-state index >= 15 is 0 Å². The van der Waals surface area contributed by atoms with Gasteiger partial charge in [0.15, 0.2) is 0 Å². The molecule has 0 saturated carbocycles. The fraction of sp³-hybridized carbons (Fsp3) is 0.211. The van der Waals surface area contributed by atoms with Gasteiger partial charge in [0.1, 0.15) is 11.6 Å². The van der Waals surface area contributed by atoms with Gasteiger partial charge in [0.2, 0.25) is 5.91 Å². The molecule has 8 heteroatoms. The number of nitrogens with one attached hydrogen (secondary N) is 3. The summed E-state index contributed by atoms with van der Waals surface area (Å²) in [5.74, 6) is -3.58. The van der Waals surface area contributed by atoms with E-state index in [1.807, 2.05) is 0 Å². The lowest BCUT2D eigenvalue weighted by Gasteiger charge is -2.14. The van der Waals surface area contributed by atoms with Crippen LogP contribution >= 0.6 is 0 Å². The van der Waals surface area contributed by atoms with E-state index in [9.17, 15) is 23.2 Å². The lowest BCUT2D eigenvalue weighted by Crippen LogP contribution is -2.41. The molecule has 0 aliphatic carbocycles. The van der Waals surface area contributed by atoms with Crippen molar-refractivity contribution in [1.29, 1.82) is 0 Å². The molecule has 3 amide bonds. The lowest BCUT2D eigenvalue weighted by atomic mass is 10.1. The number of halogens is 2. The first-order valence-electron chi connectivity index (χ1n) is 8.18. The number of hydrogen-bond donors (Lipinski definition) is 3. The number of benzene rings is 2. The van der Waals surface area contributed by atoms with E-state index < -0.39 is 29.5 Å². The van der Waals surface area contributed by atoms with Crippen LogP contribution in [0.1, 0.15) is 19.4 Å². The third kappa shape index (κ3) is 5.88. The van der Waals surface area contributed by atoms with E-state index in [0.717, 1.165) is 6.07 Å². The van der Waals surface area contributed by atoms with Crippen molar-refractivity contribution < 1.29 is 23.2 Å². The first-order valence-corrected chi connectivity index (χ1v) is 8.18. The topological polar surface area (TPSA) is 87.3 Å². The summed E-state index contributed by atoms with van der Waals surface area (Å²) in [6, 6.07) is 9.18. The Morgan fingerprint density at radius 2 is 1.67 bits per heavy atom. The Labute approximate surface area is 155 Å². The fourth-order valence-corrected chi connectivity index (χ4v) is 2.42. The molecule has 1 atom stereocenters. The Morgan fingerprint density at radius 3 is 2.33 bits per heavy atom. The van der Waals surface area contributed by atoms with Crippen molar-refractivity contribution in [2.24, 2.45) is 0 Å². The molecule has 0 bridgehead atoms. The van der Waals surface area contributed by atoms with Crippen LogP contribution in [0.3, 0.4) is 0 Å². The molecule has 0 aliphatic heterocycles. The average Bonchev–Trinajstić information content (AvgIpc) is 2.59. The molecule has 0 fully saturated rings. The molecule has 2 rings (SSSR count). The minimum Gasteiger partial charge on any atom is -0.345 e. The Bertz CT molecular complexity index is 871. The first-order chi connectivity index (χ1) is 12.8. The highest BCUT2D eigenvalue weighted by Gasteiger charge is 2.19. The monoisotopic (exact) mass is 375 g/mol. The van der Waals surface area contributed by atoms with Crippen molar-refractivity contribution in [3.63, 3.8) is 0 Å². The molecule has 2 aromatic rings. The molecule has 6 nitrogen and oxygen atoms in total. The van der Waals surface area contributed by atoms with Gasteiger partial charge in [0, 0.05) is 18.7 Å². The molecule has 0 radical (unpaired) electrons. The largest absolute Gasteiger partial charge is 0.345 e. The molecular weight excluding hydrogens is 356 g/mol. The Hall–Kier alpha value is -3.29. The molecule has 27 heavy (non-hydrogen) atoms. The third-order valence-corrected chi connectivity index (χ3v) is 3.60. The number of hydrogen-bond acceptors (Lipinski definition) is 3. The van der Waals surface area contributed by atoms with E-state index in [4.69, 9.17) is 0 Å². The minimum absolute atomic E-state index is 0.193. The van der Waals surface area contributed by atoms with Gasteiger partial charge in [0.25, 0.3) is 0 Å². The van der Waals surface area contributed by atoms with Gasteiger partial charge in [-0.15, -0.1) is 0 Å². The second kappa shape index (κ2) is 8.88. The van der Waals surface area contributed by atoms with Crippen molar-refractivity contribution in [2.75, 3.05) is 10.6 Å². The van der Waals surface area contributed by atoms with Crippen molar-refractivity contribution in [2.45, 2.75) is 26.3 Å². The molecule has 142 valence electrons. The smallest absolute Gasteiger partial charge is 0.313 e. The van der Waals surface area contributed by atoms with E-state index in [1.54, 1.807) is 25.1 Å². The van der Waals surface area contributed by atoms with Crippen molar-refractivity contribution in [3.05, 3.63) is 59.7 Å². The summed E-state index contributed by atoms with van der Waals surface area (Å²) in [6.45, 7) is 2.90. The van der Waals surface area contributed by atoms with Crippen LogP contribution in [0.4, 0.5) is 20.2 Å². The van der Waals surface area contributed by atoms with E-state index in [1.165, 1.54) is 25.1 Å².